The van der Waals surface area contributed by atoms with Crippen molar-refractivity contribution in [3.63, 3.8) is 0 Å². The van der Waals surface area contributed by atoms with Gasteiger partial charge < -0.3 is 28.4 Å². The minimum atomic E-state index is 0.546. The van der Waals surface area contributed by atoms with Crippen LogP contribution in [0.5, 0.6) is 5.75 Å². The predicted octanol–water partition coefficient (Wildman–Crippen LogP) is 8.58. The third kappa shape index (κ3) is 27.4. The van der Waals surface area contributed by atoms with E-state index in [0.717, 1.165) is 25.2 Å². The molecule has 1 aromatic rings. The topological polar surface area (TPSA) is 55.4 Å². The summed E-state index contributed by atoms with van der Waals surface area (Å²) in [6.45, 7) is 11.2. The molecule has 41 heavy (non-hydrogen) atoms. The lowest BCUT2D eigenvalue weighted by Gasteiger charge is -2.09. The van der Waals surface area contributed by atoms with Crippen molar-refractivity contribution in [3.05, 3.63) is 29.8 Å². The van der Waals surface area contributed by atoms with Crippen LogP contribution in [0, 0.1) is 0 Å². The molecule has 6 heteroatoms. The number of aryl methyl sites for hydroxylation is 1. The van der Waals surface area contributed by atoms with E-state index in [1.807, 2.05) is 0 Å². The molecule has 0 aliphatic rings. The lowest BCUT2D eigenvalue weighted by Crippen LogP contribution is -2.14. The number of ether oxygens (including phenoxy) is 6. The van der Waals surface area contributed by atoms with E-state index < -0.39 is 0 Å². The van der Waals surface area contributed by atoms with Gasteiger partial charge in [0.05, 0.1) is 59.5 Å². The van der Waals surface area contributed by atoms with Gasteiger partial charge in [-0.2, -0.15) is 0 Å². The molecule has 0 unspecified atom stereocenters. The number of benzene rings is 1. The first-order chi connectivity index (χ1) is 20.4. The van der Waals surface area contributed by atoms with Crippen molar-refractivity contribution in [1.29, 1.82) is 0 Å². The van der Waals surface area contributed by atoms with Crippen molar-refractivity contribution < 1.29 is 28.4 Å². The van der Waals surface area contributed by atoms with Crippen LogP contribution in [0.4, 0.5) is 0 Å². The molecule has 0 saturated carbocycles. The molecule has 0 bridgehead atoms. The van der Waals surface area contributed by atoms with Crippen LogP contribution in [0.3, 0.4) is 0 Å². The Morgan fingerprint density at radius 2 is 0.732 bits per heavy atom. The molecule has 0 saturated heterocycles. The molecular formula is C35H64O6. The first-order valence-electron chi connectivity index (χ1n) is 17.0. The van der Waals surface area contributed by atoms with Crippen molar-refractivity contribution in [1.82, 2.24) is 0 Å². The van der Waals surface area contributed by atoms with Crippen LogP contribution in [-0.2, 0) is 30.1 Å². The van der Waals surface area contributed by atoms with Crippen LogP contribution in [0.1, 0.15) is 116 Å². The third-order valence-corrected chi connectivity index (χ3v) is 7.12. The van der Waals surface area contributed by atoms with E-state index in [4.69, 9.17) is 28.4 Å². The summed E-state index contributed by atoms with van der Waals surface area (Å²) in [6.07, 6.45) is 21.2. The fraction of sp³-hybridized carbons (Fsp3) is 0.829. The second kappa shape index (κ2) is 31.7. The second-order valence-electron chi connectivity index (χ2n) is 10.9. The largest absolute Gasteiger partial charge is 0.491 e. The van der Waals surface area contributed by atoms with Crippen molar-refractivity contribution >= 4 is 0 Å². The molecule has 0 spiro atoms. The average molecular weight is 581 g/mol. The van der Waals surface area contributed by atoms with Crippen molar-refractivity contribution in [2.24, 2.45) is 0 Å². The SMILES string of the molecule is CCCCCCCCCCOCCOCCOCCOCCOCCOc1ccc(CCCCCCCCC)cc1. The van der Waals surface area contributed by atoms with Gasteiger partial charge in [-0.05, 0) is 37.0 Å². The Bertz CT molecular complexity index is 624. The molecule has 0 aliphatic carbocycles. The molecule has 240 valence electrons. The monoisotopic (exact) mass is 580 g/mol. The Balaban J connectivity index is 1.75. The maximum absolute atomic E-state index is 5.78. The summed E-state index contributed by atoms with van der Waals surface area (Å²) >= 11 is 0. The molecule has 0 fully saturated rings. The van der Waals surface area contributed by atoms with Gasteiger partial charge in [-0.3, -0.25) is 0 Å². The number of rotatable bonds is 33. The zero-order valence-corrected chi connectivity index (χ0v) is 26.9. The minimum Gasteiger partial charge on any atom is -0.491 e. The second-order valence-corrected chi connectivity index (χ2v) is 10.9. The molecule has 0 aromatic heterocycles. The minimum absolute atomic E-state index is 0.546. The fourth-order valence-electron chi connectivity index (χ4n) is 4.58. The van der Waals surface area contributed by atoms with Gasteiger partial charge in [-0.15, -0.1) is 0 Å². The molecule has 0 amide bonds. The van der Waals surface area contributed by atoms with Crippen LogP contribution >= 0.6 is 0 Å². The highest BCUT2D eigenvalue weighted by atomic mass is 16.6. The molecule has 6 nitrogen and oxygen atoms in total. The summed E-state index contributed by atoms with van der Waals surface area (Å²) < 4.78 is 33.6. The molecular weight excluding hydrogens is 516 g/mol. The predicted molar refractivity (Wildman–Crippen MR) is 170 cm³/mol. The lowest BCUT2D eigenvalue weighted by molar-refractivity contribution is -0.0128. The zero-order chi connectivity index (χ0) is 29.3. The highest BCUT2D eigenvalue weighted by Crippen LogP contribution is 2.15. The first kappa shape index (κ1) is 37.8. The van der Waals surface area contributed by atoms with Gasteiger partial charge in [0.15, 0.2) is 0 Å². The van der Waals surface area contributed by atoms with Gasteiger partial charge in [0.2, 0.25) is 0 Å². The van der Waals surface area contributed by atoms with Gasteiger partial charge in [0, 0.05) is 6.61 Å². The summed E-state index contributed by atoms with van der Waals surface area (Å²) in [7, 11) is 0. The van der Waals surface area contributed by atoms with Gasteiger partial charge in [-0.25, -0.2) is 0 Å². The summed E-state index contributed by atoms with van der Waals surface area (Å²) in [4.78, 5) is 0. The molecule has 0 aliphatic heterocycles. The van der Waals surface area contributed by atoms with Gasteiger partial charge in [0.25, 0.3) is 0 Å². The lowest BCUT2D eigenvalue weighted by atomic mass is 10.0. The maximum Gasteiger partial charge on any atom is 0.119 e. The maximum atomic E-state index is 5.78. The van der Waals surface area contributed by atoms with E-state index in [2.05, 4.69) is 38.1 Å². The Labute approximate surface area is 253 Å². The highest BCUT2D eigenvalue weighted by Gasteiger charge is 1.99. The summed E-state index contributed by atoms with van der Waals surface area (Å²) in [6, 6.07) is 8.50. The fourth-order valence-corrected chi connectivity index (χ4v) is 4.58. The van der Waals surface area contributed by atoms with E-state index in [0.29, 0.717) is 66.1 Å². The molecule has 0 radical (unpaired) electrons. The first-order valence-corrected chi connectivity index (χ1v) is 17.0. The van der Waals surface area contributed by atoms with E-state index in [9.17, 15) is 0 Å². The third-order valence-electron chi connectivity index (χ3n) is 7.12. The van der Waals surface area contributed by atoms with Gasteiger partial charge in [0.1, 0.15) is 12.4 Å². The summed E-state index contributed by atoms with van der Waals surface area (Å²) in [5.41, 5.74) is 1.39. The normalized spacial score (nSPS) is 11.4. The van der Waals surface area contributed by atoms with Crippen molar-refractivity contribution in [2.75, 3.05) is 72.7 Å². The van der Waals surface area contributed by atoms with E-state index in [1.54, 1.807) is 0 Å². The molecule has 0 N–H and O–H groups in total. The van der Waals surface area contributed by atoms with Crippen LogP contribution in [-0.4, -0.2) is 72.7 Å². The van der Waals surface area contributed by atoms with Crippen LogP contribution < -0.4 is 4.74 Å². The summed E-state index contributed by atoms with van der Waals surface area (Å²) in [5, 5.41) is 0. The standard InChI is InChI=1S/C35H64O6/c1-3-5-7-9-11-13-15-17-23-36-24-25-37-26-27-38-28-29-39-30-31-40-32-33-41-35-21-19-34(20-22-35)18-16-14-12-10-8-6-4-2/h19-22H,3-18,23-33H2,1-2H3. The average Bonchev–Trinajstić information content (AvgIpc) is 2.99. The molecule has 1 rings (SSSR count). The van der Waals surface area contributed by atoms with Crippen LogP contribution in [0.2, 0.25) is 0 Å². The Morgan fingerprint density at radius 3 is 1.20 bits per heavy atom. The van der Waals surface area contributed by atoms with Crippen LogP contribution in [0.15, 0.2) is 24.3 Å². The number of hydrogen-bond donors (Lipinski definition) is 0. The summed E-state index contributed by atoms with van der Waals surface area (Å²) in [5.74, 6) is 0.903. The highest BCUT2D eigenvalue weighted by molar-refractivity contribution is 5.27. The van der Waals surface area contributed by atoms with E-state index in [-0.39, 0.29) is 0 Å². The Kier molecular flexibility index (Phi) is 29.3. The zero-order valence-electron chi connectivity index (χ0n) is 26.9. The molecule has 0 atom stereocenters. The number of unbranched alkanes of at least 4 members (excludes halogenated alkanes) is 13. The molecule has 0 heterocycles. The Morgan fingerprint density at radius 1 is 0.366 bits per heavy atom. The van der Waals surface area contributed by atoms with Gasteiger partial charge in [-0.1, -0.05) is 109 Å². The van der Waals surface area contributed by atoms with Crippen LogP contribution in [0.25, 0.3) is 0 Å². The van der Waals surface area contributed by atoms with Crippen molar-refractivity contribution in [2.45, 2.75) is 117 Å². The van der Waals surface area contributed by atoms with Crippen molar-refractivity contribution in [3.8, 4) is 5.75 Å². The Hall–Kier alpha value is -1.18. The van der Waals surface area contributed by atoms with E-state index in [1.165, 1.54) is 95.5 Å². The smallest absolute Gasteiger partial charge is 0.119 e. The van der Waals surface area contributed by atoms with E-state index >= 15 is 0 Å². The number of hydrogen-bond acceptors (Lipinski definition) is 6. The quantitative estimate of drug-likeness (QED) is 0.0776. The molecule has 1 aromatic carbocycles. The van der Waals surface area contributed by atoms with Gasteiger partial charge >= 0.3 is 0 Å².